The first-order chi connectivity index (χ1) is 19.7. The summed E-state index contributed by atoms with van der Waals surface area (Å²) >= 11 is -2.85. The van der Waals surface area contributed by atoms with Crippen molar-refractivity contribution in [2.45, 2.75) is 36.3 Å². The van der Waals surface area contributed by atoms with E-state index in [9.17, 15) is 44.1 Å². The van der Waals surface area contributed by atoms with Crippen molar-refractivity contribution in [3.8, 4) is 11.5 Å². The molecular weight excluding hydrogens is 605 g/mol. The van der Waals surface area contributed by atoms with Crippen LogP contribution in [0.2, 0.25) is 0 Å². The summed E-state index contributed by atoms with van der Waals surface area (Å²) in [6.07, 6.45) is -2.38. The molecule has 1 aliphatic rings. The topological polar surface area (TPSA) is 55.8 Å². The monoisotopic (exact) mass is 623 g/mol. The second kappa shape index (κ2) is 11.3. The molecule has 5 nitrogen and oxygen atoms in total. The summed E-state index contributed by atoms with van der Waals surface area (Å²) in [6.45, 7) is 1.53. The van der Waals surface area contributed by atoms with Crippen LogP contribution in [-0.4, -0.2) is 23.9 Å². The van der Waals surface area contributed by atoms with E-state index in [2.05, 4.69) is 4.18 Å². The van der Waals surface area contributed by atoms with Gasteiger partial charge in [0.2, 0.25) is 52.3 Å². The van der Waals surface area contributed by atoms with Crippen LogP contribution >= 0.6 is 0 Å². The predicted octanol–water partition coefficient (Wildman–Crippen LogP) is 7.55. The Hall–Kier alpha value is -4.01. The van der Waals surface area contributed by atoms with Gasteiger partial charge in [0.1, 0.15) is 11.6 Å². The van der Waals surface area contributed by atoms with Crippen molar-refractivity contribution < 1.29 is 57.4 Å². The van der Waals surface area contributed by atoms with Crippen LogP contribution < -0.4 is 13.8 Å². The molecule has 1 amide bonds. The number of anilines is 2. The molecule has 0 bridgehead atoms. The maximum atomic E-state index is 15.1. The third kappa shape index (κ3) is 5.21. The van der Waals surface area contributed by atoms with Crippen LogP contribution in [0.25, 0.3) is 6.08 Å². The zero-order valence-corrected chi connectivity index (χ0v) is 22.2. The maximum absolute atomic E-state index is 15.1. The number of hydrogen-bond acceptors (Lipinski definition) is 4. The maximum Gasteiger partial charge on any atom is 0.398 e. The lowest BCUT2D eigenvalue weighted by Gasteiger charge is -2.26. The minimum absolute atomic E-state index is 0.0394. The average molecular weight is 623 g/mol. The van der Waals surface area contributed by atoms with Gasteiger partial charge in [0.25, 0.3) is 0 Å². The minimum atomic E-state index is -4.73. The van der Waals surface area contributed by atoms with Crippen molar-refractivity contribution in [1.82, 2.24) is 0 Å². The molecule has 1 saturated carbocycles. The zero-order chi connectivity index (χ0) is 31.1. The molecule has 15 heteroatoms. The van der Waals surface area contributed by atoms with E-state index in [1.54, 1.807) is 0 Å². The van der Waals surface area contributed by atoms with Gasteiger partial charge in [0.05, 0.1) is 28.8 Å². The predicted molar refractivity (Wildman–Crippen MR) is 133 cm³/mol. The van der Waals surface area contributed by atoms with E-state index >= 15 is 4.39 Å². The van der Waals surface area contributed by atoms with Crippen LogP contribution in [0, 0.1) is 34.9 Å². The summed E-state index contributed by atoms with van der Waals surface area (Å²) in [5.74, 6) is -15.1. The Morgan fingerprint density at radius 2 is 1.50 bits per heavy atom. The summed E-state index contributed by atoms with van der Waals surface area (Å²) in [5.41, 5.74) is -3.30. The quantitative estimate of drug-likeness (QED) is 0.107. The highest BCUT2D eigenvalue weighted by Gasteiger charge is 2.65. The van der Waals surface area contributed by atoms with Gasteiger partial charge in [0.15, 0.2) is 0 Å². The summed E-state index contributed by atoms with van der Waals surface area (Å²) in [4.78, 5) is 12.7. The second-order valence-electron chi connectivity index (χ2n) is 9.00. The number of allylic oxidation sites excluding steroid dienone is 1. The first-order valence-electron chi connectivity index (χ1n) is 11.8. The van der Waals surface area contributed by atoms with Gasteiger partial charge in [-0.05, 0) is 49.6 Å². The lowest BCUT2D eigenvalue weighted by Crippen LogP contribution is -2.30. The van der Waals surface area contributed by atoms with Crippen LogP contribution in [0.1, 0.15) is 30.9 Å². The number of ether oxygens (including phenoxy) is 1. The Labute approximate surface area is 234 Å². The molecule has 0 N–H and O–H groups in total. The summed E-state index contributed by atoms with van der Waals surface area (Å²) in [7, 11) is 1.10. The van der Waals surface area contributed by atoms with Gasteiger partial charge < -0.3 is 8.92 Å². The van der Waals surface area contributed by atoms with Gasteiger partial charge in [-0.1, -0.05) is 12.2 Å². The molecule has 0 radical (unpaired) electrons. The van der Waals surface area contributed by atoms with Crippen LogP contribution in [0.4, 0.5) is 50.9 Å². The fourth-order valence-corrected chi connectivity index (χ4v) is 5.08. The number of methoxy groups -OCH3 is 1. The van der Waals surface area contributed by atoms with Gasteiger partial charge in [0, 0.05) is 11.6 Å². The van der Waals surface area contributed by atoms with Crippen molar-refractivity contribution in [3.63, 3.8) is 0 Å². The fourth-order valence-electron chi connectivity index (χ4n) is 4.29. The number of halogens is 9. The summed E-state index contributed by atoms with van der Waals surface area (Å²) < 4.78 is 147. The molecule has 1 aliphatic carbocycles. The molecule has 1 unspecified atom stereocenters. The number of alkyl halides is 3. The van der Waals surface area contributed by atoms with E-state index in [0.29, 0.717) is 6.07 Å². The van der Waals surface area contributed by atoms with Crippen LogP contribution in [-0.2, 0) is 21.3 Å². The van der Waals surface area contributed by atoms with Crippen molar-refractivity contribution in [2.75, 3.05) is 12.0 Å². The number of hydrogen-bond donors (Lipinski definition) is 0. The SMILES string of the molecule is C/C=C\c1cc(S(=O)Oc2c(F)c(F)c(F)c(F)c2F)ccc1N(C=O)c1cc(F)c(C2(C(F)(F)F)CC2)cc1OC. The Morgan fingerprint density at radius 3 is 2.00 bits per heavy atom. The molecule has 3 aromatic rings. The van der Waals surface area contributed by atoms with Gasteiger partial charge in [-0.25, -0.2) is 21.8 Å². The van der Waals surface area contributed by atoms with Crippen LogP contribution in [0.3, 0.4) is 0 Å². The van der Waals surface area contributed by atoms with Crippen molar-refractivity contribution in [3.05, 3.63) is 82.4 Å². The number of carbonyl (C=O) groups is 1. The third-order valence-corrected chi connectivity index (χ3v) is 7.52. The minimum Gasteiger partial charge on any atom is -0.495 e. The van der Waals surface area contributed by atoms with E-state index in [0.717, 1.165) is 36.3 Å². The molecule has 0 saturated heterocycles. The molecule has 1 atom stereocenters. The number of benzene rings is 3. The number of amides is 1. The van der Waals surface area contributed by atoms with Crippen molar-refractivity contribution >= 4 is 34.9 Å². The molecule has 4 rings (SSSR count). The van der Waals surface area contributed by atoms with Gasteiger partial charge >= 0.3 is 6.18 Å². The Balaban J connectivity index is 1.76. The summed E-state index contributed by atoms with van der Waals surface area (Å²) in [6, 6.07) is 4.78. The number of carbonyl (C=O) groups excluding carboxylic acids is 1. The number of nitrogens with zero attached hydrogens (tertiary/aromatic N) is 1. The Kier molecular flexibility index (Phi) is 8.36. The van der Waals surface area contributed by atoms with Gasteiger partial charge in [-0.3, -0.25) is 9.69 Å². The Bertz CT molecular complexity index is 1590. The van der Waals surface area contributed by atoms with E-state index < -0.39 is 68.9 Å². The normalized spacial score (nSPS) is 15.0. The smallest absolute Gasteiger partial charge is 0.398 e. The third-order valence-electron chi connectivity index (χ3n) is 6.57. The highest BCUT2D eigenvalue weighted by atomic mass is 32.2. The molecule has 224 valence electrons. The summed E-state index contributed by atoms with van der Waals surface area (Å²) in [5, 5.41) is 0. The fraction of sp³-hybridized carbons (Fsp3) is 0.222. The molecule has 1 fully saturated rings. The Morgan fingerprint density at radius 1 is 0.905 bits per heavy atom. The first kappa shape index (κ1) is 30.9. The van der Waals surface area contributed by atoms with E-state index in [1.807, 2.05) is 0 Å². The lowest BCUT2D eigenvalue weighted by molar-refractivity contribution is -0.161. The highest BCUT2D eigenvalue weighted by Crippen LogP contribution is 2.60. The van der Waals surface area contributed by atoms with Gasteiger partial charge in [-0.2, -0.15) is 22.0 Å². The zero-order valence-electron chi connectivity index (χ0n) is 21.4. The highest BCUT2D eigenvalue weighted by molar-refractivity contribution is 7.80. The largest absolute Gasteiger partial charge is 0.495 e. The molecule has 0 heterocycles. The standard InChI is InChI=1S/C27H18F9NO4S/c1-3-4-13-9-14(42(39)41-25-23(32)21(30)20(29)22(31)24(25)33)5-6-17(13)37(12-38)18-11-16(28)15(10-19(18)40-2)26(7-8-26)27(34,35)36/h3-6,9-12H,7-8H2,1-2H3/b4-3-. The molecule has 0 spiro atoms. The molecule has 42 heavy (non-hydrogen) atoms. The van der Waals surface area contributed by atoms with E-state index in [4.69, 9.17) is 4.74 Å². The molecule has 0 aliphatic heterocycles. The van der Waals surface area contributed by atoms with Crippen molar-refractivity contribution in [2.24, 2.45) is 0 Å². The van der Waals surface area contributed by atoms with E-state index in [-0.39, 0.29) is 46.8 Å². The van der Waals surface area contributed by atoms with Crippen molar-refractivity contribution in [1.29, 1.82) is 0 Å². The molecule has 0 aromatic heterocycles. The number of rotatable bonds is 9. The van der Waals surface area contributed by atoms with Gasteiger partial charge in [-0.15, -0.1) is 0 Å². The lowest BCUT2D eigenvalue weighted by atomic mass is 9.93. The molecule has 3 aromatic carbocycles. The molecular formula is C27H18F9NO4S. The van der Waals surface area contributed by atoms with E-state index in [1.165, 1.54) is 19.1 Å². The second-order valence-corrected chi connectivity index (χ2v) is 10.1. The first-order valence-corrected chi connectivity index (χ1v) is 12.9. The average Bonchev–Trinajstić information content (AvgIpc) is 3.77. The van der Waals surface area contributed by atoms with Crippen LogP contribution in [0.15, 0.2) is 41.3 Å². The van der Waals surface area contributed by atoms with Crippen LogP contribution in [0.5, 0.6) is 11.5 Å².